The van der Waals surface area contributed by atoms with Crippen LogP contribution < -0.4 is 0 Å². The van der Waals surface area contributed by atoms with E-state index < -0.39 is 5.82 Å². The Morgan fingerprint density at radius 2 is 1.59 bits per heavy atom. The van der Waals surface area contributed by atoms with Gasteiger partial charge in [0.2, 0.25) is 0 Å². The number of rotatable bonds is 2. The number of nitrogens with zero attached hydrogens (tertiary/aromatic N) is 2. The first-order chi connectivity index (χ1) is 8.06. The summed E-state index contributed by atoms with van der Waals surface area (Å²) in [7, 11) is 0. The van der Waals surface area contributed by atoms with Crippen LogP contribution in [0.1, 0.15) is 17.0 Å². The molecule has 0 saturated carbocycles. The molecule has 0 amide bonds. The van der Waals surface area contributed by atoms with Crippen molar-refractivity contribution in [3.8, 4) is 0 Å². The zero-order valence-corrected chi connectivity index (χ0v) is 10.6. The highest BCUT2D eigenvalue weighted by Gasteiger charge is 2.11. The van der Waals surface area contributed by atoms with E-state index >= 15 is 0 Å². The molecule has 0 aliphatic heterocycles. The molecular weight excluding hydrogens is 262 g/mol. The van der Waals surface area contributed by atoms with Crippen molar-refractivity contribution in [1.82, 2.24) is 9.97 Å². The van der Waals surface area contributed by atoms with Gasteiger partial charge >= 0.3 is 0 Å². The topological polar surface area (TPSA) is 25.8 Å². The summed E-state index contributed by atoms with van der Waals surface area (Å²) in [6.07, 6.45) is 0.472. The Morgan fingerprint density at radius 1 is 1.06 bits per heavy atom. The van der Waals surface area contributed by atoms with Crippen LogP contribution in [0.5, 0.6) is 0 Å². The van der Waals surface area contributed by atoms with Gasteiger partial charge in [-0.25, -0.2) is 14.4 Å². The number of aromatic nitrogens is 2. The summed E-state index contributed by atoms with van der Waals surface area (Å²) in [5.41, 5.74) is 2.19. The Hall–Kier alpha value is -1.19. The fourth-order valence-corrected chi connectivity index (χ4v) is 1.82. The average Bonchev–Trinajstić information content (AvgIpc) is 2.29. The average molecular weight is 271 g/mol. The molecule has 2 rings (SSSR count). The zero-order valence-electron chi connectivity index (χ0n) is 9.04. The van der Waals surface area contributed by atoms with Crippen LogP contribution >= 0.6 is 23.2 Å². The van der Waals surface area contributed by atoms with Crippen LogP contribution in [-0.2, 0) is 6.42 Å². The van der Waals surface area contributed by atoms with E-state index in [0.29, 0.717) is 12.2 Å². The van der Waals surface area contributed by atoms with Crippen molar-refractivity contribution in [2.45, 2.75) is 13.3 Å². The molecule has 0 saturated heterocycles. The minimum Gasteiger partial charge on any atom is -0.218 e. The van der Waals surface area contributed by atoms with E-state index in [9.17, 15) is 4.39 Å². The first-order valence-corrected chi connectivity index (χ1v) is 5.75. The second-order valence-corrected chi connectivity index (χ2v) is 4.41. The van der Waals surface area contributed by atoms with Gasteiger partial charge < -0.3 is 0 Å². The summed E-state index contributed by atoms with van der Waals surface area (Å²) in [4.78, 5) is 7.69. The molecule has 0 N–H and O–H groups in total. The monoisotopic (exact) mass is 270 g/mol. The third-order valence-corrected chi connectivity index (χ3v) is 2.80. The van der Waals surface area contributed by atoms with Gasteiger partial charge in [0.05, 0.1) is 0 Å². The van der Waals surface area contributed by atoms with E-state index in [1.807, 2.05) is 31.2 Å². The van der Waals surface area contributed by atoms with Crippen molar-refractivity contribution in [1.29, 1.82) is 0 Å². The maximum atomic E-state index is 13.1. The summed E-state index contributed by atoms with van der Waals surface area (Å²) in [5.74, 6) is -0.369. The van der Waals surface area contributed by atoms with Crippen LogP contribution in [0.25, 0.3) is 0 Å². The number of halogens is 3. The van der Waals surface area contributed by atoms with Crippen LogP contribution in [0.2, 0.25) is 10.3 Å². The van der Waals surface area contributed by atoms with E-state index in [0.717, 1.165) is 5.56 Å². The smallest absolute Gasteiger partial charge is 0.197 e. The van der Waals surface area contributed by atoms with Crippen molar-refractivity contribution >= 4 is 23.2 Å². The predicted octanol–water partition coefficient (Wildman–Crippen LogP) is 3.82. The van der Waals surface area contributed by atoms with Gasteiger partial charge in [-0.3, -0.25) is 0 Å². The summed E-state index contributed by atoms with van der Waals surface area (Å²) < 4.78 is 13.1. The van der Waals surface area contributed by atoms with Crippen molar-refractivity contribution in [2.24, 2.45) is 0 Å². The van der Waals surface area contributed by atoms with E-state index in [1.165, 1.54) is 5.56 Å². The second kappa shape index (κ2) is 4.98. The van der Waals surface area contributed by atoms with E-state index in [-0.39, 0.29) is 10.3 Å². The molecule has 1 aromatic heterocycles. The van der Waals surface area contributed by atoms with Gasteiger partial charge in [0.25, 0.3) is 0 Å². The van der Waals surface area contributed by atoms with Gasteiger partial charge in [0.1, 0.15) is 5.82 Å². The highest BCUT2D eigenvalue weighted by Crippen LogP contribution is 2.19. The molecule has 0 fully saturated rings. The van der Waals surface area contributed by atoms with Gasteiger partial charge in [-0.1, -0.05) is 53.0 Å². The predicted molar refractivity (Wildman–Crippen MR) is 66.0 cm³/mol. The molecule has 0 aliphatic carbocycles. The molecule has 88 valence electrons. The van der Waals surface area contributed by atoms with Gasteiger partial charge in [-0.05, 0) is 12.5 Å². The van der Waals surface area contributed by atoms with Crippen molar-refractivity contribution in [2.75, 3.05) is 0 Å². The van der Waals surface area contributed by atoms with Crippen molar-refractivity contribution < 1.29 is 4.39 Å². The lowest BCUT2D eigenvalue weighted by Crippen LogP contribution is -2.00. The third kappa shape index (κ3) is 2.93. The standard InChI is InChI=1S/C12H9Cl2FN2/c1-7-2-4-8(5-3-7)6-9-16-11(13)10(15)12(14)17-9/h2-5H,6H2,1H3. The Labute approximate surface area is 108 Å². The molecule has 2 nitrogen and oxygen atoms in total. The van der Waals surface area contributed by atoms with Crippen LogP contribution in [0, 0.1) is 12.7 Å². The Kier molecular flexibility index (Phi) is 3.60. The summed E-state index contributed by atoms with van der Waals surface area (Å²) in [6, 6.07) is 7.90. The minimum absolute atomic E-state index is 0.243. The molecule has 1 aromatic carbocycles. The van der Waals surface area contributed by atoms with Crippen LogP contribution in [0.3, 0.4) is 0 Å². The largest absolute Gasteiger partial charge is 0.218 e. The quantitative estimate of drug-likeness (QED) is 0.776. The minimum atomic E-state index is -0.777. The van der Waals surface area contributed by atoms with E-state index in [1.54, 1.807) is 0 Å². The van der Waals surface area contributed by atoms with E-state index in [2.05, 4.69) is 9.97 Å². The van der Waals surface area contributed by atoms with Crippen LogP contribution in [0.15, 0.2) is 24.3 Å². The molecule has 0 bridgehead atoms. The molecule has 0 unspecified atom stereocenters. The normalized spacial score (nSPS) is 10.6. The fourth-order valence-electron chi connectivity index (χ4n) is 1.40. The Bertz CT molecular complexity index is 518. The van der Waals surface area contributed by atoms with E-state index in [4.69, 9.17) is 23.2 Å². The van der Waals surface area contributed by atoms with Gasteiger partial charge in [-0.2, -0.15) is 0 Å². The van der Waals surface area contributed by atoms with Crippen molar-refractivity contribution in [3.63, 3.8) is 0 Å². The summed E-state index contributed by atoms with van der Waals surface area (Å²) in [5, 5.41) is -0.487. The van der Waals surface area contributed by atoms with Crippen LogP contribution in [-0.4, -0.2) is 9.97 Å². The first kappa shape index (κ1) is 12.3. The molecule has 5 heteroatoms. The lowest BCUT2D eigenvalue weighted by molar-refractivity contribution is 0.611. The molecule has 0 aliphatic rings. The number of aryl methyl sites for hydroxylation is 1. The SMILES string of the molecule is Cc1ccc(Cc2nc(Cl)c(F)c(Cl)n2)cc1. The molecular formula is C12H9Cl2FN2. The first-order valence-electron chi connectivity index (χ1n) is 4.99. The maximum Gasteiger partial charge on any atom is 0.197 e. The lowest BCUT2D eigenvalue weighted by atomic mass is 10.1. The summed E-state index contributed by atoms with van der Waals surface area (Å²) >= 11 is 11.2. The highest BCUT2D eigenvalue weighted by molar-refractivity contribution is 6.33. The second-order valence-electron chi connectivity index (χ2n) is 3.70. The molecule has 2 aromatic rings. The molecule has 0 spiro atoms. The molecule has 17 heavy (non-hydrogen) atoms. The number of hydrogen-bond donors (Lipinski definition) is 0. The van der Waals surface area contributed by atoms with Gasteiger partial charge in [0.15, 0.2) is 16.1 Å². The third-order valence-electron chi connectivity index (χ3n) is 2.30. The van der Waals surface area contributed by atoms with Crippen LogP contribution in [0.4, 0.5) is 4.39 Å². The van der Waals surface area contributed by atoms with Crippen molar-refractivity contribution in [3.05, 3.63) is 57.3 Å². The molecule has 0 atom stereocenters. The summed E-state index contributed by atoms with van der Waals surface area (Å²) in [6.45, 7) is 2.01. The number of hydrogen-bond acceptors (Lipinski definition) is 2. The lowest BCUT2D eigenvalue weighted by Gasteiger charge is -2.03. The van der Waals surface area contributed by atoms with Gasteiger partial charge in [0, 0.05) is 6.42 Å². The molecule has 1 heterocycles. The Morgan fingerprint density at radius 3 is 2.12 bits per heavy atom. The van der Waals surface area contributed by atoms with Gasteiger partial charge in [-0.15, -0.1) is 0 Å². The fraction of sp³-hybridized carbons (Fsp3) is 0.167. The maximum absolute atomic E-state index is 13.1. The zero-order chi connectivity index (χ0) is 12.4. The highest BCUT2D eigenvalue weighted by atomic mass is 35.5. The number of benzene rings is 1. The Balaban J connectivity index is 2.27. The molecule has 0 radical (unpaired) electrons.